The summed E-state index contributed by atoms with van der Waals surface area (Å²) < 4.78 is 0. The third-order valence-corrected chi connectivity index (χ3v) is 1.82. The van der Waals surface area contributed by atoms with Crippen molar-refractivity contribution < 1.29 is 4.79 Å². The first-order valence-corrected chi connectivity index (χ1v) is 3.30. The summed E-state index contributed by atoms with van der Waals surface area (Å²) in [6.07, 6.45) is 0.0764. The van der Waals surface area contributed by atoms with Gasteiger partial charge in [0.05, 0.1) is 6.54 Å². The van der Waals surface area contributed by atoms with Crippen LogP contribution in [0.2, 0.25) is 0 Å². The quantitative estimate of drug-likeness (QED) is 0.506. The van der Waals surface area contributed by atoms with Crippen LogP contribution in [0.15, 0.2) is 0 Å². The van der Waals surface area contributed by atoms with E-state index in [0.29, 0.717) is 6.54 Å². The molecule has 0 radical (unpaired) electrons. The lowest BCUT2D eigenvalue weighted by Crippen LogP contribution is -2.45. The Kier molecular flexibility index (Phi) is 1.92. The zero-order valence-corrected chi connectivity index (χ0v) is 6.59. The van der Waals surface area contributed by atoms with Crippen LogP contribution >= 0.6 is 0 Å². The standard InChI is InChI=1S/C6H13N3O/c1-7-6-8(2)4-5(10)9(6)3/h6-7H,4H2,1-3H3. The molecule has 1 saturated heterocycles. The average Bonchev–Trinajstić information content (AvgIpc) is 2.09. The van der Waals surface area contributed by atoms with Crippen molar-refractivity contribution in [3.8, 4) is 0 Å². The van der Waals surface area contributed by atoms with Gasteiger partial charge in [-0.2, -0.15) is 0 Å². The number of rotatable bonds is 1. The summed E-state index contributed by atoms with van der Waals surface area (Å²) in [6, 6.07) is 0. The lowest BCUT2D eigenvalue weighted by atomic mass is 10.6. The zero-order valence-electron chi connectivity index (χ0n) is 6.59. The topological polar surface area (TPSA) is 35.6 Å². The molecule has 1 fully saturated rings. The van der Waals surface area contributed by atoms with Crippen LogP contribution in [0.5, 0.6) is 0 Å². The molecular weight excluding hydrogens is 130 g/mol. The van der Waals surface area contributed by atoms with Gasteiger partial charge in [-0.1, -0.05) is 0 Å². The monoisotopic (exact) mass is 143 g/mol. The van der Waals surface area contributed by atoms with E-state index in [1.165, 1.54) is 0 Å². The van der Waals surface area contributed by atoms with Crippen molar-refractivity contribution in [3.05, 3.63) is 0 Å². The molecule has 0 aromatic rings. The Morgan fingerprint density at radius 2 is 2.20 bits per heavy atom. The first kappa shape index (κ1) is 7.50. The molecule has 1 heterocycles. The second-order valence-electron chi connectivity index (χ2n) is 2.58. The fourth-order valence-electron chi connectivity index (χ4n) is 1.26. The summed E-state index contributed by atoms with van der Waals surface area (Å²) >= 11 is 0. The van der Waals surface area contributed by atoms with Crippen LogP contribution in [-0.4, -0.2) is 49.7 Å². The van der Waals surface area contributed by atoms with Gasteiger partial charge in [0, 0.05) is 7.05 Å². The molecule has 1 rings (SSSR count). The highest BCUT2D eigenvalue weighted by molar-refractivity contribution is 5.80. The Bertz CT molecular complexity index is 148. The van der Waals surface area contributed by atoms with Gasteiger partial charge < -0.3 is 4.90 Å². The summed E-state index contributed by atoms with van der Waals surface area (Å²) in [6.45, 7) is 0.516. The fraction of sp³-hybridized carbons (Fsp3) is 0.833. The molecule has 0 saturated carbocycles. The van der Waals surface area contributed by atoms with E-state index in [-0.39, 0.29) is 12.2 Å². The second-order valence-corrected chi connectivity index (χ2v) is 2.58. The molecule has 1 aliphatic heterocycles. The molecule has 1 aliphatic rings. The molecule has 58 valence electrons. The smallest absolute Gasteiger partial charge is 0.238 e. The van der Waals surface area contributed by atoms with Gasteiger partial charge in [0.15, 0.2) is 0 Å². The molecule has 0 aliphatic carbocycles. The zero-order chi connectivity index (χ0) is 7.72. The van der Waals surface area contributed by atoms with Gasteiger partial charge in [0.2, 0.25) is 5.91 Å². The lowest BCUT2D eigenvalue weighted by molar-refractivity contribution is -0.126. The van der Waals surface area contributed by atoms with E-state index in [9.17, 15) is 4.79 Å². The molecule has 1 atom stereocenters. The third-order valence-electron chi connectivity index (χ3n) is 1.82. The molecule has 0 spiro atoms. The van der Waals surface area contributed by atoms with Gasteiger partial charge in [-0.05, 0) is 14.1 Å². The van der Waals surface area contributed by atoms with E-state index < -0.39 is 0 Å². The van der Waals surface area contributed by atoms with E-state index in [1.807, 2.05) is 19.0 Å². The van der Waals surface area contributed by atoms with Crippen molar-refractivity contribution >= 4 is 5.91 Å². The van der Waals surface area contributed by atoms with Crippen molar-refractivity contribution in [2.45, 2.75) is 6.29 Å². The molecule has 0 bridgehead atoms. The van der Waals surface area contributed by atoms with Crippen LogP contribution in [0.25, 0.3) is 0 Å². The Balaban J connectivity index is 2.64. The van der Waals surface area contributed by atoms with Crippen LogP contribution in [0.4, 0.5) is 0 Å². The molecule has 10 heavy (non-hydrogen) atoms. The molecule has 4 nitrogen and oxygen atoms in total. The minimum absolute atomic E-state index is 0.0764. The minimum Gasteiger partial charge on any atom is -0.316 e. The highest BCUT2D eigenvalue weighted by Gasteiger charge is 2.30. The normalized spacial score (nSPS) is 28.1. The largest absolute Gasteiger partial charge is 0.316 e. The number of carbonyl (C=O) groups is 1. The summed E-state index contributed by atoms with van der Waals surface area (Å²) in [5.74, 6) is 0.168. The number of nitrogens with zero attached hydrogens (tertiary/aromatic N) is 2. The predicted octanol–water partition coefficient (Wildman–Crippen LogP) is -1.11. The first-order chi connectivity index (χ1) is 4.66. The third kappa shape index (κ3) is 0.998. The maximum Gasteiger partial charge on any atom is 0.238 e. The maximum absolute atomic E-state index is 11.0. The summed E-state index contributed by atoms with van der Waals surface area (Å²) in [5.41, 5.74) is 0. The average molecular weight is 143 g/mol. The number of hydrogen-bond donors (Lipinski definition) is 1. The van der Waals surface area contributed by atoms with Gasteiger partial charge in [-0.3, -0.25) is 15.0 Å². The molecule has 0 aromatic heterocycles. The molecule has 4 heteroatoms. The molecule has 1 amide bonds. The lowest BCUT2D eigenvalue weighted by Gasteiger charge is -2.23. The highest BCUT2D eigenvalue weighted by atomic mass is 16.2. The van der Waals surface area contributed by atoms with Crippen LogP contribution in [-0.2, 0) is 4.79 Å². The van der Waals surface area contributed by atoms with E-state index in [0.717, 1.165) is 0 Å². The number of likely N-dealkylation sites (N-methyl/N-ethyl adjacent to an activating group) is 2. The van der Waals surface area contributed by atoms with Crippen molar-refractivity contribution in [2.75, 3.05) is 27.7 Å². The van der Waals surface area contributed by atoms with Gasteiger partial charge in [0.1, 0.15) is 6.29 Å². The number of hydrogen-bond acceptors (Lipinski definition) is 3. The van der Waals surface area contributed by atoms with Gasteiger partial charge in [-0.25, -0.2) is 0 Å². The summed E-state index contributed by atoms with van der Waals surface area (Å²) in [7, 11) is 5.56. The van der Waals surface area contributed by atoms with E-state index >= 15 is 0 Å². The number of nitrogens with one attached hydrogen (secondary N) is 1. The van der Waals surface area contributed by atoms with E-state index in [2.05, 4.69) is 5.32 Å². The first-order valence-electron chi connectivity index (χ1n) is 3.30. The second kappa shape index (κ2) is 2.56. The van der Waals surface area contributed by atoms with Crippen LogP contribution < -0.4 is 5.32 Å². The Labute approximate surface area is 60.8 Å². The molecule has 1 unspecified atom stereocenters. The summed E-state index contributed by atoms with van der Waals surface area (Å²) in [4.78, 5) is 14.7. The van der Waals surface area contributed by atoms with Crippen molar-refractivity contribution in [1.82, 2.24) is 15.1 Å². The highest BCUT2D eigenvalue weighted by Crippen LogP contribution is 2.06. The van der Waals surface area contributed by atoms with E-state index in [4.69, 9.17) is 0 Å². The molecule has 1 N–H and O–H groups in total. The minimum atomic E-state index is 0.0764. The Morgan fingerprint density at radius 1 is 1.60 bits per heavy atom. The SMILES string of the molecule is CNC1N(C)CC(=O)N1C. The van der Waals surface area contributed by atoms with Crippen LogP contribution in [0, 0.1) is 0 Å². The maximum atomic E-state index is 11.0. The van der Waals surface area contributed by atoms with Crippen molar-refractivity contribution in [2.24, 2.45) is 0 Å². The van der Waals surface area contributed by atoms with E-state index in [1.54, 1.807) is 11.9 Å². The Morgan fingerprint density at radius 3 is 2.40 bits per heavy atom. The number of amides is 1. The van der Waals surface area contributed by atoms with Crippen molar-refractivity contribution in [1.29, 1.82) is 0 Å². The van der Waals surface area contributed by atoms with Crippen molar-refractivity contribution in [3.63, 3.8) is 0 Å². The Hall–Kier alpha value is -0.610. The summed E-state index contributed by atoms with van der Waals surface area (Å²) in [5, 5.41) is 3.02. The van der Waals surface area contributed by atoms with Gasteiger partial charge in [0.25, 0.3) is 0 Å². The molecular formula is C6H13N3O. The predicted molar refractivity (Wildman–Crippen MR) is 38.2 cm³/mol. The molecule has 0 aromatic carbocycles. The van der Waals surface area contributed by atoms with Crippen LogP contribution in [0.3, 0.4) is 0 Å². The van der Waals surface area contributed by atoms with Gasteiger partial charge >= 0.3 is 0 Å². The fourth-order valence-corrected chi connectivity index (χ4v) is 1.26. The van der Waals surface area contributed by atoms with Crippen LogP contribution in [0.1, 0.15) is 0 Å². The van der Waals surface area contributed by atoms with Gasteiger partial charge in [-0.15, -0.1) is 0 Å². The number of carbonyl (C=O) groups excluding carboxylic acids is 1.